The predicted molar refractivity (Wildman–Crippen MR) is 109 cm³/mol. The molecule has 0 atom stereocenters. The van der Waals surface area contributed by atoms with E-state index in [4.69, 9.17) is 4.74 Å². The fourth-order valence-electron chi connectivity index (χ4n) is 2.95. The number of ether oxygens (including phenoxy) is 1. The summed E-state index contributed by atoms with van der Waals surface area (Å²) in [5.41, 5.74) is 0.415. The maximum Gasteiger partial charge on any atom is 0.259 e. The Hall–Kier alpha value is -2.45. The van der Waals surface area contributed by atoms with E-state index in [1.807, 2.05) is 43.3 Å². The molecule has 0 saturated carbocycles. The van der Waals surface area contributed by atoms with Crippen molar-refractivity contribution < 1.29 is 14.3 Å². The van der Waals surface area contributed by atoms with Gasteiger partial charge in [0.1, 0.15) is 11.3 Å². The molecule has 0 aliphatic carbocycles. The van der Waals surface area contributed by atoms with Crippen molar-refractivity contribution in [2.75, 3.05) is 46.8 Å². The Bertz CT molecular complexity index is 834. The van der Waals surface area contributed by atoms with Gasteiger partial charge in [0.15, 0.2) is 0 Å². The van der Waals surface area contributed by atoms with Crippen molar-refractivity contribution in [3.63, 3.8) is 0 Å². The fourth-order valence-corrected chi connectivity index (χ4v) is 3.21. The Labute approximate surface area is 173 Å². The standard InChI is InChI=1S/C20H23BrN4O3/c1-23(2)14-18(26)24-10-12-25(13-11-24)20(27)17-4-3-9-22-19(17)28-16-7-5-15(21)6-8-16/h3-9H,10-14H2,1-2H3. The first kappa shape index (κ1) is 20.3. The summed E-state index contributed by atoms with van der Waals surface area (Å²) in [5, 5.41) is 0. The van der Waals surface area contributed by atoms with E-state index in [9.17, 15) is 9.59 Å². The number of carbonyl (C=O) groups excluding carboxylic acids is 2. The lowest BCUT2D eigenvalue weighted by molar-refractivity contribution is -0.133. The van der Waals surface area contributed by atoms with E-state index in [0.717, 1.165) is 4.47 Å². The zero-order valence-electron chi connectivity index (χ0n) is 16.0. The third-order valence-corrected chi connectivity index (χ3v) is 4.93. The highest BCUT2D eigenvalue weighted by molar-refractivity contribution is 9.10. The van der Waals surface area contributed by atoms with E-state index in [2.05, 4.69) is 20.9 Å². The van der Waals surface area contributed by atoms with E-state index < -0.39 is 0 Å². The maximum atomic E-state index is 13.0. The van der Waals surface area contributed by atoms with Crippen LogP contribution in [0.3, 0.4) is 0 Å². The summed E-state index contributed by atoms with van der Waals surface area (Å²) >= 11 is 3.39. The van der Waals surface area contributed by atoms with Crippen molar-refractivity contribution in [3.8, 4) is 11.6 Å². The number of amides is 2. The van der Waals surface area contributed by atoms with Crippen LogP contribution in [-0.4, -0.2) is 78.3 Å². The van der Waals surface area contributed by atoms with Gasteiger partial charge >= 0.3 is 0 Å². The number of aromatic nitrogens is 1. The molecule has 1 aliphatic rings. The first-order chi connectivity index (χ1) is 13.4. The minimum atomic E-state index is -0.139. The van der Waals surface area contributed by atoms with Crippen molar-refractivity contribution in [3.05, 3.63) is 52.6 Å². The smallest absolute Gasteiger partial charge is 0.259 e. The summed E-state index contributed by atoms with van der Waals surface area (Å²) in [6.45, 7) is 2.42. The molecular formula is C20H23BrN4O3. The van der Waals surface area contributed by atoms with Crippen LogP contribution in [0.1, 0.15) is 10.4 Å². The summed E-state index contributed by atoms with van der Waals surface area (Å²) in [5.74, 6) is 0.827. The van der Waals surface area contributed by atoms with E-state index in [1.54, 1.807) is 28.1 Å². The van der Waals surface area contributed by atoms with Gasteiger partial charge in [-0.05, 0) is 50.5 Å². The third kappa shape index (κ3) is 5.08. The zero-order chi connectivity index (χ0) is 20.1. The van der Waals surface area contributed by atoms with Gasteiger partial charge in [0.05, 0.1) is 6.54 Å². The summed E-state index contributed by atoms with van der Waals surface area (Å²) in [4.78, 5) is 34.8. The molecule has 3 rings (SSSR count). The van der Waals surface area contributed by atoms with Gasteiger partial charge in [0.2, 0.25) is 11.8 Å². The number of carbonyl (C=O) groups is 2. The lowest BCUT2D eigenvalue weighted by Crippen LogP contribution is -2.52. The van der Waals surface area contributed by atoms with Crippen molar-refractivity contribution in [1.29, 1.82) is 0 Å². The number of halogens is 1. The highest BCUT2D eigenvalue weighted by Gasteiger charge is 2.27. The van der Waals surface area contributed by atoms with Gasteiger partial charge in [-0.2, -0.15) is 0 Å². The second-order valence-electron chi connectivity index (χ2n) is 6.82. The number of hydrogen-bond acceptors (Lipinski definition) is 5. The van der Waals surface area contributed by atoms with E-state index in [0.29, 0.717) is 44.0 Å². The number of rotatable bonds is 5. The third-order valence-electron chi connectivity index (χ3n) is 4.40. The first-order valence-electron chi connectivity index (χ1n) is 9.04. The number of nitrogens with zero attached hydrogens (tertiary/aromatic N) is 4. The van der Waals surface area contributed by atoms with Crippen molar-refractivity contribution in [2.45, 2.75) is 0 Å². The van der Waals surface area contributed by atoms with Crippen LogP contribution in [0.2, 0.25) is 0 Å². The summed E-state index contributed by atoms with van der Waals surface area (Å²) < 4.78 is 6.77. The van der Waals surface area contributed by atoms with Crippen LogP contribution >= 0.6 is 15.9 Å². The largest absolute Gasteiger partial charge is 0.438 e. The Morgan fingerprint density at radius 2 is 1.71 bits per heavy atom. The van der Waals surface area contributed by atoms with E-state index in [-0.39, 0.29) is 17.7 Å². The molecule has 0 unspecified atom stereocenters. The van der Waals surface area contributed by atoms with Gasteiger partial charge in [-0.3, -0.25) is 9.59 Å². The quantitative estimate of drug-likeness (QED) is 0.705. The molecule has 1 fully saturated rings. The molecule has 2 amide bonds. The molecule has 28 heavy (non-hydrogen) atoms. The van der Waals surface area contributed by atoms with Crippen LogP contribution in [0.15, 0.2) is 47.1 Å². The average molecular weight is 447 g/mol. The molecule has 1 aromatic heterocycles. The minimum absolute atomic E-state index is 0.0812. The highest BCUT2D eigenvalue weighted by atomic mass is 79.9. The van der Waals surface area contributed by atoms with Gasteiger partial charge < -0.3 is 19.4 Å². The number of hydrogen-bond donors (Lipinski definition) is 0. The summed E-state index contributed by atoms with van der Waals surface area (Å²) in [6, 6.07) is 10.8. The fraction of sp³-hybridized carbons (Fsp3) is 0.350. The average Bonchev–Trinajstić information content (AvgIpc) is 2.69. The van der Waals surface area contributed by atoms with Gasteiger partial charge in [-0.25, -0.2) is 4.98 Å². The number of piperazine rings is 1. The van der Waals surface area contributed by atoms with Crippen molar-refractivity contribution in [2.24, 2.45) is 0 Å². The summed E-state index contributed by atoms with van der Waals surface area (Å²) in [7, 11) is 3.74. The molecule has 0 N–H and O–H groups in total. The number of likely N-dealkylation sites (N-methyl/N-ethyl adjacent to an activating group) is 1. The first-order valence-corrected chi connectivity index (χ1v) is 9.83. The topological polar surface area (TPSA) is 66.0 Å². The number of benzene rings is 1. The molecule has 0 radical (unpaired) electrons. The van der Waals surface area contributed by atoms with Gasteiger partial charge in [-0.15, -0.1) is 0 Å². The molecule has 2 aromatic rings. The molecule has 148 valence electrons. The molecule has 1 saturated heterocycles. The zero-order valence-corrected chi connectivity index (χ0v) is 17.6. The normalized spacial score (nSPS) is 14.3. The van der Waals surface area contributed by atoms with Gasteiger partial charge in [-0.1, -0.05) is 15.9 Å². The molecule has 8 heteroatoms. The van der Waals surface area contributed by atoms with Crippen LogP contribution in [0, 0.1) is 0 Å². The lowest BCUT2D eigenvalue weighted by Gasteiger charge is -2.35. The Morgan fingerprint density at radius 3 is 2.36 bits per heavy atom. The predicted octanol–water partition coefficient (Wildman–Crippen LogP) is 2.48. The molecule has 0 bridgehead atoms. The Morgan fingerprint density at radius 1 is 1.07 bits per heavy atom. The minimum Gasteiger partial charge on any atom is -0.438 e. The van der Waals surface area contributed by atoms with Crippen LogP contribution < -0.4 is 4.74 Å². The Balaban J connectivity index is 1.67. The van der Waals surface area contributed by atoms with Crippen LogP contribution in [-0.2, 0) is 4.79 Å². The molecule has 1 aliphatic heterocycles. The number of pyridine rings is 1. The van der Waals surface area contributed by atoms with E-state index >= 15 is 0 Å². The van der Waals surface area contributed by atoms with Crippen LogP contribution in [0.25, 0.3) is 0 Å². The van der Waals surface area contributed by atoms with Gasteiger partial charge in [0, 0.05) is 36.8 Å². The molecular weight excluding hydrogens is 424 g/mol. The SMILES string of the molecule is CN(C)CC(=O)N1CCN(C(=O)c2cccnc2Oc2ccc(Br)cc2)CC1. The monoisotopic (exact) mass is 446 g/mol. The maximum absolute atomic E-state index is 13.0. The molecule has 2 heterocycles. The lowest BCUT2D eigenvalue weighted by atomic mass is 10.2. The van der Waals surface area contributed by atoms with Crippen LogP contribution in [0.5, 0.6) is 11.6 Å². The molecule has 1 aromatic carbocycles. The van der Waals surface area contributed by atoms with E-state index in [1.165, 1.54) is 0 Å². The highest BCUT2D eigenvalue weighted by Crippen LogP contribution is 2.25. The molecule has 7 nitrogen and oxygen atoms in total. The second kappa shape index (κ2) is 9.16. The summed E-state index contributed by atoms with van der Waals surface area (Å²) in [6.07, 6.45) is 1.60. The van der Waals surface area contributed by atoms with Crippen LogP contribution in [0.4, 0.5) is 0 Å². The van der Waals surface area contributed by atoms with Crippen molar-refractivity contribution in [1.82, 2.24) is 19.7 Å². The van der Waals surface area contributed by atoms with Gasteiger partial charge in [0.25, 0.3) is 5.91 Å². The molecule has 0 spiro atoms. The second-order valence-corrected chi connectivity index (χ2v) is 7.74. The Kier molecular flexibility index (Phi) is 6.64. The van der Waals surface area contributed by atoms with Crippen molar-refractivity contribution >= 4 is 27.7 Å².